The number of nitrogens with zero attached hydrogens (tertiary/aromatic N) is 2. The second-order valence-electron chi connectivity index (χ2n) is 4.65. The molecule has 6 heteroatoms. The van der Waals surface area contributed by atoms with Gasteiger partial charge in [0.1, 0.15) is 10.0 Å². The fourth-order valence-corrected chi connectivity index (χ4v) is 3.03. The summed E-state index contributed by atoms with van der Waals surface area (Å²) in [6.45, 7) is 6.09. The molecule has 0 spiro atoms. The summed E-state index contributed by atoms with van der Waals surface area (Å²) in [7, 11) is 0. The van der Waals surface area contributed by atoms with E-state index in [2.05, 4.69) is 45.3 Å². The highest BCUT2D eigenvalue weighted by atomic mass is 79.9. The van der Waals surface area contributed by atoms with Crippen LogP contribution >= 0.6 is 38.9 Å². The summed E-state index contributed by atoms with van der Waals surface area (Å²) >= 11 is 11.2. The Kier molecular flexibility index (Phi) is 5.33. The highest BCUT2D eigenvalue weighted by Crippen LogP contribution is 2.32. The van der Waals surface area contributed by atoms with Gasteiger partial charge in [-0.15, -0.1) is 10.2 Å². The minimum Gasteiger partial charge on any atom is -0.310 e. The largest absolute Gasteiger partial charge is 0.310 e. The van der Waals surface area contributed by atoms with Crippen molar-refractivity contribution in [2.75, 3.05) is 6.54 Å². The molecule has 0 bridgehead atoms. The van der Waals surface area contributed by atoms with Crippen molar-refractivity contribution in [3.63, 3.8) is 0 Å². The highest BCUT2D eigenvalue weighted by molar-refractivity contribution is 9.10. The Balaban J connectivity index is 2.10. The van der Waals surface area contributed by atoms with Crippen LogP contribution in [0.3, 0.4) is 0 Å². The van der Waals surface area contributed by atoms with Crippen LogP contribution in [-0.2, 0) is 6.54 Å². The second kappa shape index (κ2) is 6.79. The zero-order chi connectivity index (χ0) is 13.8. The monoisotopic (exact) mass is 359 g/mol. The van der Waals surface area contributed by atoms with E-state index in [4.69, 9.17) is 11.6 Å². The van der Waals surface area contributed by atoms with Crippen LogP contribution in [0, 0.1) is 5.92 Å². The molecule has 102 valence electrons. The van der Waals surface area contributed by atoms with Gasteiger partial charge in [0, 0.05) is 16.6 Å². The van der Waals surface area contributed by atoms with Crippen LogP contribution < -0.4 is 5.32 Å². The zero-order valence-corrected chi connectivity index (χ0v) is 13.9. The molecule has 19 heavy (non-hydrogen) atoms. The first-order valence-electron chi connectivity index (χ1n) is 6.05. The summed E-state index contributed by atoms with van der Waals surface area (Å²) in [6.07, 6.45) is 0. The number of hydrogen-bond donors (Lipinski definition) is 1. The van der Waals surface area contributed by atoms with Gasteiger partial charge in [0.15, 0.2) is 0 Å². The van der Waals surface area contributed by atoms with Crippen LogP contribution in [-0.4, -0.2) is 16.7 Å². The van der Waals surface area contributed by atoms with Crippen molar-refractivity contribution in [3.8, 4) is 10.6 Å². The molecule has 0 fully saturated rings. The molecule has 0 unspecified atom stereocenters. The second-order valence-corrected chi connectivity index (χ2v) is 7.03. The van der Waals surface area contributed by atoms with Crippen LogP contribution in [0.25, 0.3) is 10.6 Å². The van der Waals surface area contributed by atoms with Gasteiger partial charge in [0.2, 0.25) is 0 Å². The summed E-state index contributed by atoms with van der Waals surface area (Å²) in [5.74, 6) is 0.631. The third-order valence-electron chi connectivity index (χ3n) is 2.45. The number of rotatable bonds is 5. The lowest BCUT2D eigenvalue weighted by atomic mass is 10.2. The molecule has 1 aromatic carbocycles. The Hall–Kier alpha value is -0.490. The molecule has 0 saturated heterocycles. The molecule has 1 N–H and O–H groups in total. The first-order valence-corrected chi connectivity index (χ1v) is 8.03. The Morgan fingerprint density at radius 3 is 2.89 bits per heavy atom. The van der Waals surface area contributed by atoms with Gasteiger partial charge in [-0.25, -0.2) is 0 Å². The minimum absolute atomic E-state index is 0.631. The number of halogens is 2. The average molecular weight is 361 g/mol. The number of aromatic nitrogens is 2. The molecular formula is C13H15BrClN3S. The van der Waals surface area contributed by atoms with Crippen molar-refractivity contribution in [2.24, 2.45) is 5.92 Å². The Labute approximate surface area is 130 Å². The molecule has 3 nitrogen and oxygen atoms in total. The van der Waals surface area contributed by atoms with E-state index in [1.54, 1.807) is 11.3 Å². The van der Waals surface area contributed by atoms with Crippen molar-refractivity contribution < 1.29 is 0 Å². The van der Waals surface area contributed by atoms with E-state index in [0.29, 0.717) is 10.9 Å². The van der Waals surface area contributed by atoms with Crippen molar-refractivity contribution in [1.82, 2.24) is 15.5 Å². The van der Waals surface area contributed by atoms with Gasteiger partial charge in [-0.3, -0.25) is 0 Å². The first-order chi connectivity index (χ1) is 9.06. The van der Waals surface area contributed by atoms with Gasteiger partial charge < -0.3 is 5.32 Å². The lowest BCUT2D eigenvalue weighted by molar-refractivity contribution is 0.550. The normalized spacial score (nSPS) is 11.2. The Morgan fingerprint density at radius 2 is 2.16 bits per heavy atom. The number of hydrogen-bond acceptors (Lipinski definition) is 4. The minimum atomic E-state index is 0.631. The highest BCUT2D eigenvalue weighted by Gasteiger charge is 2.10. The zero-order valence-electron chi connectivity index (χ0n) is 10.8. The third kappa shape index (κ3) is 4.24. The van der Waals surface area contributed by atoms with Crippen LogP contribution in [0.4, 0.5) is 0 Å². The molecule has 1 heterocycles. The molecule has 0 amide bonds. The van der Waals surface area contributed by atoms with Crippen LogP contribution in [0.2, 0.25) is 5.02 Å². The van der Waals surface area contributed by atoms with Crippen LogP contribution in [0.5, 0.6) is 0 Å². The lowest BCUT2D eigenvalue weighted by Gasteiger charge is -2.04. The maximum Gasteiger partial charge on any atom is 0.149 e. The Bertz CT molecular complexity index is 557. The predicted octanol–water partition coefficient (Wildman–Crippen LogP) is 4.37. The van der Waals surface area contributed by atoms with E-state index < -0.39 is 0 Å². The summed E-state index contributed by atoms with van der Waals surface area (Å²) in [6, 6.07) is 5.74. The molecule has 2 rings (SSSR count). The molecule has 2 aromatic rings. The standard InChI is InChI=1S/C13H15BrClN3S/c1-8(2)6-16-7-12-17-18-13(19-12)10-5-9(14)3-4-11(10)15/h3-5,8,16H,6-7H2,1-2H3. The summed E-state index contributed by atoms with van der Waals surface area (Å²) in [5.41, 5.74) is 0.920. The van der Waals surface area contributed by atoms with Gasteiger partial charge in [0.25, 0.3) is 0 Å². The van der Waals surface area contributed by atoms with Crippen LogP contribution in [0.15, 0.2) is 22.7 Å². The van der Waals surface area contributed by atoms with Crippen molar-refractivity contribution >= 4 is 38.9 Å². The lowest BCUT2D eigenvalue weighted by Crippen LogP contribution is -2.18. The summed E-state index contributed by atoms with van der Waals surface area (Å²) < 4.78 is 0.988. The maximum absolute atomic E-state index is 6.19. The average Bonchev–Trinajstić information content (AvgIpc) is 2.80. The summed E-state index contributed by atoms with van der Waals surface area (Å²) in [5, 5.41) is 14.3. The molecule has 0 aliphatic rings. The fraction of sp³-hybridized carbons (Fsp3) is 0.385. The first kappa shape index (κ1) is 14.9. The van der Waals surface area contributed by atoms with E-state index in [-0.39, 0.29) is 0 Å². The van der Waals surface area contributed by atoms with E-state index >= 15 is 0 Å². The summed E-state index contributed by atoms with van der Waals surface area (Å²) in [4.78, 5) is 0. The SMILES string of the molecule is CC(C)CNCc1nnc(-c2cc(Br)ccc2Cl)s1. The molecule has 0 saturated carbocycles. The fourth-order valence-electron chi connectivity index (χ4n) is 1.56. The molecule has 0 atom stereocenters. The number of benzene rings is 1. The van der Waals surface area contributed by atoms with E-state index in [9.17, 15) is 0 Å². The van der Waals surface area contributed by atoms with Crippen molar-refractivity contribution in [2.45, 2.75) is 20.4 Å². The topological polar surface area (TPSA) is 37.8 Å². The number of nitrogens with one attached hydrogen (secondary N) is 1. The van der Waals surface area contributed by atoms with Gasteiger partial charge in [0.05, 0.1) is 5.02 Å². The van der Waals surface area contributed by atoms with E-state index in [1.165, 1.54) is 0 Å². The quantitative estimate of drug-likeness (QED) is 0.860. The van der Waals surface area contributed by atoms with Crippen molar-refractivity contribution in [3.05, 3.63) is 32.7 Å². The van der Waals surface area contributed by atoms with Gasteiger partial charge in [-0.2, -0.15) is 0 Å². The maximum atomic E-state index is 6.19. The molecule has 0 aliphatic carbocycles. The molecule has 0 radical (unpaired) electrons. The van der Waals surface area contributed by atoms with Crippen molar-refractivity contribution in [1.29, 1.82) is 0 Å². The predicted molar refractivity (Wildman–Crippen MR) is 84.6 cm³/mol. The van der Waals surface area contributed by atoms with E-state index in [1.807, 2.05) is 18.2 Å². The van der Waals surface area contributed by atoms with Gasteiger partial charge >= 0.3 is 0 Å². The Morgan fingerprint density at radius 1 is 1.37 bits per heavy atom. The third-order valence-corrected chi connectivity index (χ3v) is 4.23. The van der Waals surface area contributed by atoms with Crippen LogP contribution in [0.1, 0.15) is 18.9 Å². The molecular weight excluding hydrogens is 346 g/mol. The van der Waals surface area contributed by atoms with Gasteiger partial charge in [-0.1, -0.05) is 52.7 Å². The molecule has 0 aliphatic heterocycles. The van der Waals surface area contributed by atoms with Gasteiger partial charge in [-0.05, 0) is 30.7 Å². The molecule has 1 aromatic heterocycles. The smallest absolute Gasteiger partial charge is 0.149 e. The van der Waals surface area contributed by atoms with E-state index in [0.717, 1.165) is 33.1 Å².